The zero-order chi connectivity index (χ0) is 9.40. The maximum Gasteiger partial charge on any atom is 0.0351 e. The summed E-state index contributed by atoms with van der Waals surface area (Å²) in [6.07, 6.45) is 1.85. The summed E-state index contributed by atoms with van der Waals surface area (Å²) in [4.78, 5) is 0. The van der Waals surface area contributed by atoms with Crippen LogP contribution in [0.2, 0.25) is 0 Å². The van der Waals surface area contributed by atoms with E-state index in [1.165, 1.54) is 11.1 Å². The number of hydrogen-bond donors (Lipinski definition) is 0. The van der Waals surface area contributed by atoms with Gasteiger partial charge in [0.1, 0.15) is 0 Å². The maximum atomic E-state index is 4.25. The second-order valence-electron chi connectivity index (χ2n) is 2.52. The zero-order valence-electron chi connectivity index (χ0n) is 8.00. The van der Waals surface area contributed by atoms with Gasteiger partial charge >= 0.3 is 0 Å². The predicted octanol–water partition coefficient (Wildman–Crippen LogP) is 2.90. The van der Waals surface area contributed by atoms with Gasteiger partial charge in [-0.2, -0.15) is 0 Å². The van der Waals surface area contributed by atoms with Crippen LogP contribution in [0.5, 0.6) is 0 Å². The Morgan fingerprint density at radius 2 is 1.58 bits per heavy atom. The summed E-state index contributed by atoms with van der Waals surface area (Å²) in [6.45, 7) is 5.74. The minimum Gasteiger partial charge on any atom is -0.388 e. The summed E-state index contributed by atoms with van der Waals surface area (Å²) >= 11 is 0. The van der Waals surface area contributed by atoms with Crippen molar-refractivity contribution in [3.05, 3.63) is 42.0 Å². The number of ether oxygens (including phenoxy) is 1. The van der Waals surface area contributed by atoms with E-state index >= 15 is 0 Å². The van der Waals surface area contributed by atoms with Gasteiger partial charge < -0.3 is 4.74 Å². The average molecular weight is 164 g/mol. The van der Waals surface area contributed by atoms with Crippen LogP contribution in [-0.4, -0.2) is 14.2 Å². The van der Waals surface area contributed by atoms with Crippen LogP contribution in [0.15, 0.2) is 30.8 Å². The maximum absolute atomic E-state index is 4.25. The molecule has 66 valence electrons. The minimum absolute atomic E-state index is 1.18. The Labute approximate surface area is 74.7 Å². The Kier molecular flexibility index (Phi) is 6.02. The van der Waals surface area contributed by atoms with Crippen molar-refractivity contribution in [3.63, 3.8) is 0 Å². The van der Waals surface area contributed by atoms with E-state index in [-0.39, 0.29) is 0 Å². The molecule has 0 atom stereocenters. The fraction of sp³-hybridized carbons (Fsp3) is 0.273. The second kappa shape index (κ2) is 6.62. The Hall–Kier alpha value is -1.08. The number of methoxy groups -OCH3 is 1. The van der Waals surface area contributed by atoms with Crippen molar-refractivity contribution in [2.75, 3.05) is 14.2 Å². The molecule has 0 N–H and O–H groups in total. The van der Waals surface area contributed by atoms with E-state index in [1.54, 1.807) is 14.2 Å². The van der Waals surface area contributed by atoms with E-state index in [0.717, 1.165) is 0 Å². The first kappa shape index (κ1) is 10.9. The molecule has 0 spiro atoms. The first-order chi connectivity index (χ1) is 5.74. The summed E-state index contributed by atoms with van der Waals surface area (Å²) in [6, 6.07) is 8.28. The minimum atomic E-state index is 1.18. The molecule has 0 saturated heterocycles. The number of aryl methyl sites for hydroxylation is 1. The molecule has 0 aliphatic carbocycles. The molecule has 0 saturated carbocycles. The highest BCUT2D eigenvalue weighted by molar-refractivity contribution is 5.46. The zero-order valence-corrected chi connectivity index (χ0v) is 8.00. The van der Waals surface area contributed by atoms with Crippen LogP contribution in [0.1, 0.15) is 11.1 Å². The van der Waals surface area contributed by atoms with Crippen LogP contribution in [0, 0.1) is 6.92 Å². The lowest BCUT2D eigenvalue weighted by Crippen LogP contribution is -1.71. The van der Waals surface area contributed by atoms with E-state index in [0.29, 0.717) is 0 Å². The third-order valence-corrected chi connectivity index (χ3v) is 1.31. The van der Waals surface area contributed by atoms with E-state index in [4.69, 9.17) is 0 Å². The monoisotopic (exact) mass is 164 g/mol. The van der Waals surface area contributed by atoms with Gasteiger partial charge in [-0.15, -0.1) is 0 Å². The molecule has 12 heavy (non-hydrogen) atoms. The smallest absolute Gasteiger partial charge is 0.0351 e. The third kappa shape index (κ3) is 4.69. The topological polar surface area (TPSA) is 9.23 Å². The van der Waals surface area contributed by atoms with Crippen molar-refractivity contribution in [2.24, 2.45) is 0 Å². The molecule has 0 bridgehead atoms. The summed E-state index contributed by atoms with van der Waals surface area (Å²) in [5, 5.41) is 0. The molecule has 0 fully saturated rings. The third-order valence-electron chi connectivity index (χ3n) is 1.31. The van der Waals surface area contributed by atoms with Crippen molar-refractivity contribution in [1.29, 1.82) is 0 Å². The van der Waals surface area contributed by atoms with Gasteiger partial charge in [0.2, 0.25) is 0 Å². The van der Waals surface area contributed by atoms with Gasteiger partial charge in [0.05, 0.1) is 0 Å². The molecular formula is C11H16O. The Morgan fingerprint density at radius 3 is 1.92 bits per heavy atom. The van der Waals surface area contributed by atoms with Crippen LogP contribution in [0.4, 0.5) is 0 Å². The van der Waals surface area contributed by atoms with Crippen molar-refractivity contribution in [3.8, 4) is 0 Å². The molecule has 0 aromatic heterocycles. The lowest BCUT2D eigenvalue weighted by atomic mass is 10.2. The standard InChI is InChI=1S/C9H10.C2H6O/c1-3-9-6-4-8(2)5-7-9;1-3-2/h3-7H,1H2,2H3;1-2H3. The molecule has 0 unspecified atom stereocenters. The van der Waals surface area contributed by atoms with Gasteiger partial charge in [0, 0.05) is 14.2 Å². The lowest BCUT2D eigenvalue weighted by Gasteiger charge is -1.91. The molecule has 0 aliphatic rings. The van der Waals surface area contributed by atoms with Crippen molar-refractivity contribution in [2.45, 2.75) is 6.92 Å². The van der Waals surface area contributed by atoms with E-state index in [1.807, 2.05) is 6.08 Å². The molecule has 0 heterocycles. The van der Waals surface area contributed by atoms with Gasteiger partial charge in [-0.05, 0) is 12.5 Å². The fourth-order valence-corrected chi connectivity index (χ4v) is 0.703. The molecule has 1 aromatic carbocycles. The fourth-order valence-electron chi connectivity index (χ4n) is 0.703. The largest absolute Gasteiger partial charge is 0.388 e. The van der Waals surface area contributed by atoms with Crippen LogP contribution in [0.25, 0.3) is 6.08 Å². The van der Waals surface area contributed by atoms with Crippen LogP contribution in [0.3, 0.4) is 0 Å². The van der Waals surface area contributed by atoms with Gasteiger partial charge in [-0.1, -0.05) is 42.5 Å². The molecule has 0 radical (unpaired) electrons. The second-order valence-corrected chi connectivity index (χ2v) is 2.52. The quantitative estimate of drug-likeness (QED) is 0.620. The van der Waals surface area contributed by atoms with Crippen molar-refractivity contribution >= 4 is 6.08 Å². The Morgan fingerprint density at radius 1 is 1.17 bits per heavy atom. The summed E-state index contributed by atoms with van der Waals surface area (Å²) in [7, 11) is 3.25. The van der Waals surface area contributed by atoms with Crippen LogP contribution < -0.4 is 0 Å². The Balaban J connectivity index is 0.000000354. The number of benzene rings is 1. The summed E-state index contributed by atoms with van der Waals surface area (Å²) in [5.41, 5.74) is 2.47. The molecule has 1 aromatic rings. The first-order valence-corrected chi connectivity index (χ1v) is 3.83. The van der Waals surface area contributed by atoms with Crippen LogP contribution in [-0.2, 0) is 4.74 Å². The number of rotatable bonds is 1. The first-order valence-electron chi connectivity index (χ1n) is 3.83. The van der Waals surface area contributed by atoms with E-state index < -0.39 is 0 Å². The van der Waals surface area contributed by atoms with Crippen molar-refractivity contribution < 1.29 is 4.74 Å². The molecule has 0 aliphatic heterocycles. The van der Waals surface area contributed by atoms with E-state index in [9.17, 15) is 0 Å². The number of hydrogen-bond acceptors (Lipinski definition) is 1. The molecule has 1 rings (SSSR count). The Bertz CT molecular complexity index is 211. The summed E-state index contributed by atoms with van der Waals surface area (Å²) < 4.78 is 4.25. The van der Waals surface area contributed by atoms with Crippen molar-refractivity contribution in [1.82, 2.24) is 0 Å². The van der Waals surface area contributed by atoms with Gasteiger partial charge in [-0.25, -0.2) is 0 Å². The predicted molar refractivity (Wildman–Crippen MR) is 54.2 cm³/mol. The molecule has 1 nitrogen and oxygen atoms in total. The van der Waals surface area contributed by atoms with Gasteiger partial charge in [0.15, 0.2) is 0 Å². The highest BCUT2D eigenvalue weighted by Gasteiger charge is 1.82. The summed E-state index contributed by atoms with van der Waals surface area (Å²) in [5.74, 6) is 0. The molecular weight excluding hydrogens is 148 g/mol. The van der Waals surface area contributed by atoms with E-state index in [2.05, 4.69) is 42.5 Å². The van der Waals surface area contributed by atoms with Gasteiger partial charge in [0.25, 0.3) is 0 Å². The molecule has 0 amide bonds. The normalized spacial score (nSPS) is 8.25. The lowest BCUT2D eigenvalue weighted by molar-refractivity contribution is 0.277. The van der Waals surface area contributed by atoms with Gasteiger partial charge in [-0.3, -0.25) is 0 Å². The average Bonchev–Trinajstić information content (AvgIpc) is 2.07. The van der Waals surface area contributed by atoms with Crippen LogP contribution >= 0.6 is 0 Å². The SMILES string of the molecule is C=Cc1ccc(C)cc1.COC. The highest BCUT2D eigenvalue weighted by Crippen LogP contribution is 2.02. The highest BCUT2D eigenvalue weighted by atomic mass is 16.4. The molecule has 1 heteroatoms.